The molecule has 1 aromatic rings. The number of halogens is 2. The van der Waals surface area contributed by atoms with E-state index in [0.29, 0.717) is 5.69 Å². The van der Waals surface area contributed by atoms with Crippen LogP contribution < -0.4 is 40.0 Å². The molecule has 0 saturated carbocycles. The molecule has 6 heteroatoms. The number of nitrogens with one attached hydrogen (secondary N) is 1. The van der Waals surface area contributed by atoms with Gasteiger partial charge in [0.15, 0.2) is 5.00 Å². The number of rotatable bonds is 1. The number of aliphatic carboxylic acids is 1. The number of benzene rings is 1. The topological polar surface area (TPSA) is 52.2 Å². The minimum atomic E-state index is -1.87. The van der Waals surface area contributed by atoms with E-state index in [0.717, 1.165) is 5.56 Å². The van der Waals surface area contributed by atoms with Gasteiger partial charge in [0.05, 0.1) is 11.0 Å². The van der Waals surface area contributed by atoms with Crippen molar-refractivity contribution in [3.8, 4) is 0 Å². The Morgan fingerprint density at radius 1 is 1.38 bits per heavy atom. The van der Waals surface area contributed by atoms with Crippen LogP contribution in [0.5, 0.6) is 0 Å². The van der Waals surface area contributed by atoms with Gasteiger partial charge in [0.2, 0.25) is 0 Å². The maximum absolute atomic E-state index is 10.9. The fourth-order valence-electron chi connectivity index (χ4n) is 1.37. The third-order valence-corrected chi connectivity index (χ3v) is 3.10. The maximum Gasteiger partial charge on any atom is 1.00 e. The zero-order valence-electron chi connectivity index (χ0n) is 8.46. The van der Waals surface area contributed by atoms with Crippen LogP contribution in [-0.4, -0.2) is 11.0 Å². The number of carboxylic acids is 1. The molecule has 0 bridgehead atoms. The monoisotopic (exact) mass is 265 g/mol. The number of carbonyl (C=O) groups is 1. The van der Waals surface area contributed by atoms with Crippen LogP contribution in [0.4, 0.5) is 5.69 Å². The van der Waals surface area contributed by atoms with Crippen molar-refractivity contribution in [1.82, 2.24) is 0 Å². The van der Waals surface area contributed by atoms with Gasteiger partial charge in [-0.25, -0.2) is 0 Å². The summed E-state index contributed by atoms with van der Waals surface area (Å²) < 4.78 is 0. The van der Waals surface area contributed by atoms with Gasteiger partial charge < -0.3 is 15.2 Å². The summed E-state index contributed by atoms with van der Waals surface area (Å²) in [5.41, 5.74) is 1.40. The zero-order chi connectivity index (χ0) is 11.1. The van der Waals surface area contributed by atoms with E-state index < -0.39 is 11.0 Å². The van der Waals surface area contributed by atoms with E-state index in [1.54, 1.807) is 18.2 Å². The Morgan fingerprint density at radius 3 is 2.62 bits per heavy atom. The minimum absolute atomic E-state index is 0. The summed E-state index contributed by atoms with van der Waals surface area (Å²) in [6.07, 6.45) is 1.51. The van der Waals surface area contributed by atoms with Crippen LogP contribution in [0.2, 0.25) is 0 Å². The molecule has 1 unspecified atom stereocenters. The fraction of sp³-hybridized carbons (Fsp3) is 0.100. The van der Waals surface area contributed by atoms with Crippen LogP contribution in [-0.2, 0) is 4.79 Å². The number of hydrogen-bond donors (Lipinski definition) is 1. The Bertz CT molecular complexity index is 464. The van der Waals surface area contributed by atoms with Gasteiger partial charge in [0.25, 0.3) is 0 Å². The summed E-state index contributed by atoms with van der Waals surface area (Å²) in [5.74, 6) is -1.47. The Balaban J connectivity index is 0.00000128. The number of carboxylic acid groups (broad SMARTS) is 1. The second kappa shape index (κ2) is 4.98. The van der Waals surface area contributed by atoms with Gasteiger partial charge >= 0.3 is 29.6 Å². The van der Waals surface area contributed by atoms with Crippen molar-refractivity contribution in [3.63, 3.8) is 0 Å². The van der Waals surface area contributed by atoms with Crippen LogP contribution in [0.15, 0.2) is 29.3 Å². The van der Waals surface area contributed by atoms with E-state index in [1.165, 1.54) is 6.08 Å². The van der Waals surface area contributed by atoms with Gasteiger partial charge in [-0.05, 0) is 17.7 Å². The standard InChI is InChI=1S/C10H7Cl2NO2.Na/c11-8-5-6-3-1-2-4-7(6)13-10(8,12)9(14)15;/h1-5,13H,(H,14,15);/q;+1/p-1. The van der Waals surface area contributed by atoms with Gasteiger partial charge in [-0.1, -0.05) is 41.4 Å². The number of fused-ring (bicyclic) bond motifs is 1. The van der Waals surface area contributed by atoms with E-state index in [1.807, 2.05) is 6.07 Å². The zero-order valence-corrected chi connectivity index (χ0v) is 12.0. The molecule has 1 N–H and O–H groups in total. The summed E-state index contributed by atoms with van der Waals surface area (Å²) in [6.45, 7) is 0. The minimum Gasteiger partial charge on any atom is -0.546 e. The second-order valence-electron chi connectivity index (χ2n) is 3.15. The van der Waals surface area contributed by atoms with Crippen LogP contribution in [0.3, 0.4) is 0 Å². The molecule has 1 atom stereocenters. The second-order valence-corrected chi connectivity index (χ2v) is 4.12. The van der Waals surface area contributed by atoms with Crippen LogP contribution >= 0.6 is 23.2 Å². The average Bonchev–Trinajstić information content (AvgIpc) is 2.19. The molecule has 78 valence electrons. The molecule has 0 aliphatic carbocycles. The van der Waals surface area contributed by atoms with Gasteiger partial charge in [0, 0.05) is 5.69 Å². The van der Waals surface area contributed by atoms with Crippen molar-refractivity contribution in [1.29, 1.82) is 0 Å². The summed E-state index contributed by atoms with van der Waals surface area (Å²) in [6, 6.07) is 7.11. The first-order valence-corrected chi connectivity index (χ1v) is 4.95. The van der Waals surface area contributed by atoms with Crippen molar-refractivity contribution in [2.45, 2.75) is 5.00 Å². The fourth-order valence-corrected chi connectivity index (χ4v) is 1.76. The van der Waals surface area contributed by atoms with Crippen molar-refractivity contribution < 1.29 is 39.5 Å². The first-order chi connectivity index (χ1) is 7.04. The summed E-state index contributed by atoms with van der Waals surface area (Å²) >= 11 is 11.6. The quantitative estimate of drug-likeness (QED) is 0.377. The molecule has 2 rings (SSSR count). The van der Waals surface area contributed by atoms with Crippen LogP contribution in [0, 0.1) is 0 Å². The van der Waals surface area contributed by atoms with E-state index in [-0.39, 0.29) is 34.6 Å². The molecule has 0 amide bonds. The molecule has 3 nitrogen and oxygen atoms in total. The van der Waals surface area contributed by atoms with Crippen LogP contribution in [0.1, 0.15) is 5.56 Å². The predicted octanol–water partition coefficient (Wildman–Crippen LogP) is -1.62. The molecule has 1 heterocycles. The van der Waals surface area contributed by atoms with Crippen molar-refractivity contribution in [3.05, 3.63) is 34.9 Å². The van der Waals surface area contributed by atoms with E-state index in [4.69, 9.17) is 23.2 Å². The molecule has 0 saturated heterocycles. The molecule has 0 radical (unpaired) electrons. The van der Waals surface area contributed by atoms with E-state index in [9.17, 15) is 9.90 Å². The number of para-hydroxylation sites is 1. The van der Waals surface area contributed by atoms with Crippen LogP contribution in [0.25, 0.3) is 6.08 Å². The molecular formula is C10H6Cl2NNaO2. The molecule has 16 heavy (non-hydrogen) atoms. The number of anilines is 1. The van der Waals surface area contributed by atoms with Gasteiger partial charge in [0.1, 0.15) is 0 Å². The molecule has 0 spiro atoms. The Kier molecular flexibility index (Phi) is 4.32. The third kappa shape index (κ3) is 2.24. The van der Waals surface area contributed by atoms with Crippen molar-refractivity contribution >= 4 is 40.9 Å². The van der Waals surface area contributed by atoms with E-state index in [2.05, 4.69) is 5.32 Å². The number of hydrogen-bond acceptors (Lipinski definition) is 3. The van der Waals surface area contributed by atoms with E-state index >= 15 is 0 Å². The summed E-state index contributed by atoms with van der Waals surface area (Å²) in [7, 11) is 0. The SMILES string of the molecule is O=C([O-])C1(Cl)Nc2ccccc2C=C1Cl.[Na+]. The maximum atomic E-state index is 10.9. The first kappa shape index (κ1) is 13.9. The van der Waals surface area contributed by atoms with Gasteiger partial charge in [-0.15, -0.1) is 0 Å². The first-order valence-electron chi connectivity index (χ1n) is 4.19. The van der Waals surface area contributed by atoms with Crippen molar-refractivity contribution in [2.24, 2.45) is 0 Å². The smallest absolute Gasteiger partial charge is 0.546 e. The molecule has 0 aromatic heterocycles. The molecule has 1 aromatic carbocycles. The molecule has 1 aliphatic rings. The Labute approximate surface area is 125 Å². The predicted molar refractivity (Wildman–Crippen MR) is 57.5 cm³/mol. The largest absolute Gasteiger partial charge is 1.00 e. The summed E-state index contributed by atoms with van der Waals surface area (Å²) in [4.78, 5) is 9.00. The summed E-state index contributed by atoms with van der Waals surface area (Å²) in [5, 5.41) is 13.5. The molecular weight excluding hydrogens is 260 g/mol. The van der Waals surface area contributed by atoms with Gasteiger partial charge in [-0.2, -0.15) is 0 Å². The third-order valence-electron chi connectivity index (χ3n) is 2.16. The molecule has 1 aliphatic heterocycles. The molecule has 0 fully saturated rings. The van der Waals surface area contributed by atoms with Crippen molar-refractivity contribution in [2.75, 3.05) is 5.32 Å². The number of alkyl halides is 1. The number of carbonyl (C=O) groups excluding carboxylic acids is 1. The Morgan fingerprint density at radius 2 is 2.00 bits per heavy atom. The average molecular weight is 266 g/mol. The van der Waals surface area contributed by atoms with Gasteiger partial charge in [-0.3, -0.25) is 0 Å². The Hall–Kier alpha value is -0.190. The normalized spacial score (nSPS) is 22.2.